The fourth-order valence-electron chi connectivity index (χ4n) is 3.99. The zero-order valence-corrected chi connectivity index (χ0v) is 18.8. The number of carbonyl (C=O) groups excluding carboxylic acids is 2. The Labute approximate surface area is 191 Å². The number of carbonyl (C=O) groups is 2. The minimum absolute atomic E-state index is 0.0100. The molecule has 8 heteroatoms. The number of para-hydroxylation sites is 1. The van der Waals surface area contributed by atoms with Crippen LogP contribution in [0.4, 0.5) is 5.69 Å². The van der Waals surface area contributed by atoms with Crippen LogP contribution in [0.3, 0.4) is 0 Å². The van der Waals surface area contributed by atoms with Gasteiger partial charge in [0.25, 0.3) is 0 Å². The van der Waals surface area contributed by atoms with Crippen LogP contribution in [0.15, 0.2) is 48.5 Å². The molecule has 7 nitrogen and oxygen atoms in total. The van der Waals surface area contributed by atoms with Gasteiger partial charge in [0.2, 0.25) is 0 Å². The molecule has 0 aliphatic carbocycles. The molecular weight excluding hydrogens is 430 g/mol. The second kappa shape index (κ2) is 9.44. The summed E-state index contributed by atoms with van der Waals surface area (Å²) in [5.74, 6) is -1.40. The Bertz CT molecular complexity index is 1140. The van der Waals surface area contributed by atoms with Crippen molar-refractivity contribution in [3.63, 3.8) is 0 Å². The highest BCUT2D eigenvalue weighted by molar-refractivity contribution is 6.33. The molecule has 1 saturated heterocycles. The van der Waals surface area contributed by atoms with E-state index in [4.69, 9.17) is 21.1 Å². The molecule has 0 amide bonds. The number of hydrogen-bond acceptors (Lipinski definition) is 6. The molecule has 4 rings (SSSR count). The SMILES string of the molecule is COC(=O)c1c(-c2ccc(N3CCCCC3)cc2Cl)nn(-c2ccccc2)c1C(=O)OC. The monoisotopic (exact) mass is 453 g/mol. The van der Waals surface area contributed by atoms with Gasteiger partial charge in [-0.05, 0) is 49.6 Å². The number of halogens is 1. The molecule has 166 valence electrons. The molecule has 0 saturated carbocycles. The van der Waals surface area contributed by atoms with E-state index >= 15 is 0 Å². The van der Waals surface area contributed by atoms with Gasteiger partial charge in [-0.15, -0.1) is 0 Å². The summed E-state index contributed by atoms with van der Waals surface area (Å²) in [6.07, 6.45) is 3.53. The van der Waals surface area contributed by atoms with Crippen LogP contribution in [0, 0.1) is 0 Å². The Morgan fingerprint density at radius 2 is 1.59 bits per heavy atom. The first kappa shape index (κ1) is 21.9. The summed E-state index contributed by atoms with van der Waals surface area (Å²) >= 11 is 6.68. The highest BCUT2D eigenvalue weighted by Gasteiger charge is 2.32. The first-order valence-corrected chi connectivity index (χ1v) is 10.8. The molecule has 1 aliphatic heterocycles. The fourth-order valence-corrected chi connectivity index (χ4v) is 4.25. The smallest absolute Gasteiger partial charge is 0.357 e. The van der Waals surface area contributed by atoms with Gasteiger partial charge >= 0.3 is 11.9 Å². The van der Waals surface area contributed by atoms with Crippen molar-refractivity contribution in [2.75, 3.05) is 32.2 Å². The van der Waals surface area contributed by atoms with Gasteiger partial charge in [0, 0.05) is 24.3 Å². The average molecular weight is 454 g/mol. The molecule has 0 bridgehead atoms. The van der Waals surface area contributed by atoms with Gasteiger partial charge in [0.15, 0.2) is 5.69 Å². The molecular formula is C24H24ClN3O4. The molecule has 1 fully saturated rings. The fraction of sp³-hybridized carbons (Fsp3) is 0.292. The van der Waals surface area contributed by atoms with Crippen LogP contribution in [0.2, 0.25) is 5.02 Å². The van der Waals surface area contributed by atoms with Crippen LogP contribution in [-0.4, -0.2) is 49.0 Å². The topological polar surface area (TPSA) is 73.7 Å². The Hall–Kier alpha value is -3.32. The Balaban J connectivity index is 1.89. The molecule has 1 aromatic heterocycles. The maximum atomic E-state index is 12.8. The average Bonchev–Trinajstić information content (AvgIpc) is 3.24. The second-order valence-corrected chi connectivity index (χ2v) is 7.92. The number of methoxy groups -OCH3 is 2. The number of esters is 2. The number of hydrogen-bond donors (Lipinski definition) is 0. The first-order chi connectivity index (χ1) is 15.5. The summed E-state index contributed by atoms with van der Waals surface area (Å²) in [6.45, 7) is 1.97. The lowest BCUT2D eigenvalue weighted by Crippen LogP contribution is -2.29. The minimum Gasteiger partial charge on any atom is -0.465 e. The van der Waals surface area contributed by atoms with Crippen LogP contribution in [0.5, 0.6) is 0 Å². The third kappa shape index (κ3) is 4.08. The standard InChI is InChI=1S/C24H24ClN3O4/c1-31-23(29)20-21(18-12-11-17(15-19(18)25)27-13-7-4-8-14-27)26-28(22(20)24(30)32-2)16-9-5-3-6-10-16/h3,5-6,9-12,15H,4,7-8,13-14H2,1-2H3. The van der Waals surface area contributed by atoms with Gasteiger partial charge in [-0.3, -0.25) is 0 Å². The molecule has 32 heavy (non-hydrogen) atoms. The van der Waals surface area contributed by atoms with E-state index in [0.29, 0.717) is 16.3 Å². The maximum Gasteiger partial charge on any atom is 0.357 e. The molecule has 0 spiro atoms. The van der Waals surface area contributed by atoms with E-state index in [0.717, 1.165) is 31.6 Å². The van der Waals surface area contributed by atoms with E-state index in [2.05, 4.69) is 10.00 Å². The largest absolute Gasteiger partial charge is 0.465 e. The summed E-state index contributed by atoms with van der Waals surface area (Å²) in [5, 5.41) is 5.05. The van der Waals surface area contributed by atoms with Crippen molar-refractivity contribution in [1.82, 2.24) is 9.78 Å². The van der Waals surface area contributed by atoms with Gasteiger partial charge in [0.05, 0.1) is 24.9 Å². The van der Waals surface area contributed by atoms with E-state index in [1.807, 2.05) is 36.4 Å². The summed E-state index contributed by atoms with van der Waals surface area (Å²) < 4.78 is 11.3. The van der Waals surface area contributed by atoms with Crippen molar-refractivity contribution < 1.29 is 19.1 Å². The molecule has 0 atom stereocenters. The highest BCUT2D eigenvalue weighted by atomic mass is 35.5. The molecule has 0 unspecified atom stereocenters. The molecule has 3 aromatic rings. The number of piperidine rings is 1. The lowest BCUT2D eigenvalue weighted by atomic mass is 10.0. The van der Waals surface area contributed by atoms with Crippen LogP contribution in [0.25, 0.3) is 16.9 Å². The zero-order chi connectivity index (χ0) is 22.7. The molecule has 1 aliphatic rings. The quantitative estimate of drug-likeness (QED) is 0.519. The van der Waals surface area contributed by atoms with Gasteiger partial charge in [0.1, 0.15) is 11.3 Å². The maximum absolute atomic E-state index is 12.8. The van der Waals surface area contributed by atoms with Crippen molar-refractivity contribution in [2.24, 2.45) is 0 Å². The Kier molecular flexibility index (Phi) is 6.46. The number of benzene rings is 2. The number of rotatable bonds is 5. The van der Waals surface area contributed by atoms with E-state index in [9.17, 15) is 9.59 Å². The lowest BCUT2D eigenvalue weighted by Gasteiger charge is -2.29. The number of nitrogens with zero attached hydrogens (tertiary/aromatic N) is 3. The molecule has 2 heterocycles. The van der Waals surface area contributed by atoms with E-state index < -0.39 is 11.9 Å². The number of aromatic nitrogens is 2. The van der Waals surface area contributed by atoms with Crippen molar-refractivity contribution in [3.8, 4) is 16.9 Å². The predicted molar refractivity (Wildman–Crippen MR) is 123 cm³/mol. The minimum atomic E-state index is -0.700. The van der Waals surface area contributed by atoms with Crippen LogP contribution in [0.1, 0.15) is 40.1 Å². The van der Waals surface area contributed by atoms with E-state index in [1.165, 1.54) is 25.3 Å². The second-order valence-electron chi connectivity index (χ2n) is 7.51. The number of ether oxygens (including phenoxy) is 2. The van der Waals surface area contributed by atoms with E-state index in [1.54, 1.807) is 12.1 Å². The van der Waals surface area contributed by atoms with E-state index in [-0.39, 0.29) is 17.0 Å². The van der Waals surface area contributed by atoms with Crippen molar-refractivity contribution in [1.29, 1.82) is 0 Å². The van der Waals surface area contributed by atoms with Crippen LogP contribution < -0.4 is 4.90 Å². The third-order valence-electron chi connectivity index (χ3n) is 5.58. The van der Waals surface area contributed by atoms with Crippen molar-refractivity contribution in [2.45, 2.75) is 19.3 Å². The molecule has 0 radical (unpaired) electrons. The predicted octanol–water partition coefficient (Wildman–Crippen LogP) is 4.76. The normalized spacial score (nSPS) is 13.7. The molecule has 2 aromatic carbocycles. The van der Waals surface area contributed by atoms with Gasteiger partial charge < -0.3 is 14.4 Å². The van der Waals surface area contributed by atoms with Crippen LogP contribution in [-0.2, 0) is 9.47 Å². The van der Waals surface area contributed by atoms with Gasteiger partial charge in [-0.25, -0.2) is 14.3 Å². The van der Waals surface area contributed by atoms with Crippen LogP contribution >= 0.6 is 11.6 Å². The van der Waals surface area contributed by atoms with Crippen molar-refractivity contribution >= 4 is 29.2 Å². The summed E-state index contributed by atoms with van der Waals surface area (Å²) in [7, 11) is 2.51. The van der Waals surface area contributed by atoms with Gasteiger partial charge in [-0.2, -0.15) is 5.10 Å². The summed E-state index contributed by atoms with van der Waals surface area (Å²) in [5.41, 5.74) is 2.41. The highest BCUT2D eigenvalue weighted by Crippen LogP contribution is 2.36. The molecule has 0 N–H and O–H groups in total. The Morgan fingerprint density at radius 3 is 2.22 bits per heavy atom. The summed E-state index contributed by atoms with van der Waals surface area (Å²) in [6, 6.07) is 14.7. The first-order valence-electron chi connectivity index (χ1n) is 10.4. The number of anilines is 1. The lowest BCUT2D eigenvalue weighted by molar-refractivity contribution is 0.0549. The summed E-state index contributed by atoms with van der Waals surface area (Å²) in [4.78, 5) is 27.8. The van der Waals surface area contributed by atoms with Gasteiger partial charge in [-0.1, -0.05) is 29.8 Å². The van der Waals surface area contributed by atoms with Crippen molar-refractivity contribution in [3.05, 3.63) is 64.8 Å². The zero-order valence-electron chi connectivity index (χ0n) is 18.0. The Morgan fingerprint density at radius 1 is 0.906 bits per heavy atom. The third-order valence-corrected chi connectivity index (χ3v) is 5.90.